The van der Waals surface area contributed by atoms with Gasteiger partial charge in [0.05, 0.1) is 23.9 Å². The molecule has 0 radical (unpaired) electrons. The molecule has 8 nitrogen and oxygen atoms in total. The summed E-state index contributed by atoms with van der Waals surface area (Å²) in [6, 6.07) is 18.3. The Morgan fingerprint density at radius 3 is 2.30 bits per heavy atom. The van der Waals surface area contributed by atoms with E-state index >= 15 is 0 Å². The van der Waals surface area contributed by atoms with Gasteiger partial charge < -0.3 is 15.8 Å². The summed E-state index contributed by atoms with van der Waals surface area (Å²) in [7, 11) is 1.43. The van der Waals surface area contributed by atoms with Crippen molar-refractivity contribution in [3.63, 3.8) is 0 Å². The Bertz CT molecular complexity index is 1270. The number of nitrogens with two attached hydrogens (primary N) is 1. The number of carbonyl (C=O) groups excluding carboxylic acids is 4. The molecule has 1 aliphatic rings. The molecular weight excluding hydrogens is 422 g/mol. The van der Waals surface area contributed by atoms with Crippen molar-refractivity contribution in [1.82, 2.24) is 4.90 Å². The van der Waals surface area contributed by atoms with Crippen LogP contribution in [0.15, 0.2) is 66.7 Å². The summed E-state index contributed by atoms with van der Waals surface area (Å²) in [6.07, 6.45) is 0.537. The van der Waals surface area contributed by atoms with E-state index in [4.69, 9.17) is 10.5 Å². The number of rotatable bonds is 7. The molecule has 4 amide bonds. The highest BCUT2D eigenvalue weighted by Gasteiger charge is 2.35. The van der Waals surface area contributed by atoms with E-state index in [2.05, 4.69) is 5.32 Å². The van der Waals surface area contributed by atoms with Gasteiger partial charge in [0, 0.05) is 17.7 Å². The molecule has 4 rings (SSSR count). The van der Waals surface area contributed by atoms with Crippen molar-refractivity contribution in [2.24, 2.45) is 5.73 Å². The number of hydrogen-bond acceptors (Lipinski definition) is 5. The smallest absolute Gasteiger partial charge is 0.261 e. The number of carbonyl (C=O) groups is 4. The van der Waals surface area contributed by atoms with Gasteiger partial charge in [0.15, 0.2) is 0 Å². The quantitative estimate of drug-likeness (QED) is 0.544. The van der Waals surface area contributed by atoms with Crippen molar-refractivity contribution in [3.8, 4) is 5.75 Å². The maximum Gasteiger partial charge on any atom is 0.261 e. The van der Waals surface area contributed by atoms with Crippen LogP contribution in [0.5, 0.6) is 5.75 Å². The van der Waals surface area contributed by atoms with Gasteiger partial charge in [0.25, 0.3) is 17.7 Å². The van der Waals surface area contributed by atoms with Gasteiger partial charge in [-0.2, -0.15) is 0 Å². The van der Waals surface area contributed by atoms with Gasteiger partial charge in [0.2, 0.25) is 5.91 Å². The van der Waals surface area contributed by atoms with Crippen LogP contribution in [-0.4, -0.2) is 42.2 Å². The molecule has 0 fully saturated rings. The minimum atomic E-state index is -0.648. The number of nitrogens with zero attached hydrogens (tertiary/aromatic N) is 1. The van der Waals surface area contributed by atoms with E-state index in [1.807, 2.05) is 30.3 Å². The fraction of sp³-hybridized carbons (Fsp3) is 0.120. The Labute approximate surface area is 190 Å². The van der Waals surface area contributed by atoms with Crippen LogP contribution in [0.25, 0.3) is 0 Å². The van der Waals surface area contributed by atoms with E-state index < -0.39 is 17.7 Å². The zero-order chi connectivity index (χ0) is 23.5. The zero-order valence-electron chi connectivity index (χ0n) is 17.8. The van der Waals surface area contributed by atoms with Crippen LogP contribution < -0.4 is 15.8 Å². The lowest BCUT2D eigenvalue weighted by Gasteiger charge is -2.13. The normalized spacial score (nSPS) is 12.5. The average Bonchev–Trinajstić information content (AvgIpc) is 3.07. The van der Waals surface area contributed by atoms with Gasteiger partial charge in [-0.3, -0.25) is 24.1 Å². The summed E-state index contributed by atoms with van der Waals surface area (Å²) < 4.78 is 5.23. The minimum absolute atomic E-state index is 0.179. The molecular formula is C25H21N3O5. The Morgan fingerprint density at radius 1 is 0.909 bits per heavy atom. The van der Waals surface area contributed by atoms with Crippen LogP contribution in [0.2, 0.25) is 0 Å². The fourth-order valence-electron chi connectivity index (χ4n) is 3.67. The van der Waals surface area contributed by atoms with Crippen LogP contribution in [0.3, 0.4) is 0 Å². The van der Waals surface area contributed by atoms with Crippen molar-refractivity contribution in [1.29, 1.82) is 0 Å². The molecule has 0 spiro atoms. The molecule has 0 aliphatic carbocycles. The summed E-state index contributed by atoms with van der Waals surface area (Å²) in [6.45, 7) is 0.245. The largest absolute Gasteiger partial charge is 0.495 e. The number of benzene rings is 3. The van der Waals surface area contributed by atoms with E-state index in [1.54, 1.807) is 0 Å². The van der Waals surface area contributed by atoms with Crippen LogP contribution >= 0.6 is 0 Å². The highest BCUT2D eigenvalue weighted by atomic mass is 16.5. The SMILES string of the molecule is COc1ccc(C(N)=O)cc1NC(=O)c1ccc2c(c1)C(=O)N(CCc1ccccc1)C2=O. The monoisotopic (exact) mass is 443 g/mol. The molecule has 3 aromatic carbocycles. The third-order valence-electron chi connectivity index (χ3n) is 5.43. The lowest BCUT2D eigenvalue weighted by atomic mass is 10.0. The molecule has 0 saturated carbocycles. The van der Waals surface area contributed by atoms with Crippen molar-refractivity contribution in [2.75, 3.05) is 19.0 Å². The second-order valence-electron chi connectivity index (χ2n) is 7.49. The fourth-order valence-corrected chi connectivity index (χ4v) is 3.67. The van der Waals surface area contributed by atoms with Gasteiger partial charge in [-0.15, -0.1) is 0 Å². The molecule has 0 atom stereocenters. The average molecular weight is 443 g/mol. The summed E-state index contributed by atoms with van der Waals surface area (Å²) in [5.41, 5.74) is 7.42. The molecule has 8 heteroatoms. The number of amides is 4. The summed E-state index contributed by atoms with van der Waals surface area (Å²) >= 11 is 0. The number of ether oxygens (including phenoxy) is 1. The maximum atomic E-state index is 12.9. The number of nitrogens with one attached hydrogen (secondary N) is 1. The molecule has 1 heterocycles. The Balaban J connectivity index is 1.54. The zero-order valence-corrected chi connectivity index (χ0v) is 17.8. The van der Waals surface area contributed by atoms with Crippen LogP contribution in [0.4, 0.5) is 5.69 Å². The van der Waals surface area contributed by atoms with Gasteiger partial charge in [-0.1, -0.05) is 30.3 Å². The van der Waals surface area contributed by atoms with E-state index in [1.165, 1.54) is 48.4 Å². The molecule has 3 N–H and O–H groups in total. The van der Waals surface area contributed by atoms with Gasteiger partial charge in [-0.25, -0.2) is 0 Å². The van der Waals surface area contributed by atoms with E-state index in [0.29, 0.717) is 12.2 Å². The molecule has 0 aromatic heterocycles. The van der Waals surface area contributed by atoms with E-state index in [-0.39, 0.29) is 40.4 Å². The van der Waals surface area contributed by atoms with E-state index in [9.17, 15) is 19.2 Å². The number of imide groups is 1. The third-order valence-corrected chi connectivity index (χ3v) is 5.43. The van der Waals surface area contributed by atoms with Crippen molar-refractivity contribution in [2.45, 2.75) is 6.42 Å². The number of methoxy groups -OCH3 is 1. The van der Waals surface area contributed by atoms with Crippen molar-refractivity contribution in [3.05, 3.63) is 94.5 Å². The lowest BCUT2D eigenvalue weighted by Crippen LogP contribution is -2.31. The molecule has 33 heavy (non-hydrogen) atoms. The standard InChI is InChI=1S/C25H21N3O5/c1-33-21-10-8-16(22(26)29)14-20(21)27-23(30)17-7-9-18-19(13-17)25(32)28(24(18)31)12-11-15-5-3-2-4-6-15/h2-10,13-14H,11-12H2,1H3,(H2,26,29)(H,27,30). The number of primary amides is 1. The minimum Gasteiger partial charge on any atom is -0.495 e. The molecule has 166 valence electrons. The third kappa shape index (κ3) is 4.31. The number of fused-ring (bicyclic) bond motifs is 1. The van der Waals surface area contributed by atoms with Crippen molar-refractivity contribution < 1.29 is 23.9 Å². The van der Waals surface area contributed by atoms with E-state index in [0.717, 1.165) is 5.56 Å². The molecule has 0 saturated heterocycles. The number of hydrogen-bond donors (Lipinski definition) is 2. The number of anilines is 1. The molecule has 0 bridgehead atoms. The van der Waals surface area contributed by atoms with Gasteiger partial charge in [-0.05, 0) is 48.4 Å². The van der Waals surface area contributed by atoms with Gasteiger partial charge in [0.1, 0.15) is 5.75 Å². The summed E-state index contributed by atoms with van der Waals surface area (Å²) in [5, 5.41) is 2.67. The first-order chi connectivity index (χ1) is 15.9. The molecule has 3 aromatic rings. The van der Waals surface area contributed by atoms with Gasteiger partial charge >= 0.3 is 0 Å². The predicted octanol–water partition coefficient (Wildman–Crippen LogP) is 2.89. The second-order valence-corrected chi connectivity index (χ2v) is 7.49. The lowest BCUT2D eigenvalue weighted by molar-refractivity contribution is 0.0655. The first-order valence-electron chi connectivity index (χ1n) is 10.2. The van der Waals surface area contributed by atoms with Crippen molar-refractivity contribution >= 4 is 29.3 Å². The van der Waals surface area contributed by atoms with Crippen LogP contribution in [0, 0.1) is 0 Å². The predicted molar refractivity (Wildman–Crippen MR) is 121 cm³/mol. The molecule has 1 aliphatic heterocycles. The Kier molecular flexibility index (Phi) is 5.91. The Hall–Kier alpha value is -4.46. The summed E-state index contributed by atoms with van der Waals surface area (Å²) in [4.78, 5) is 51.1. The van der Waals surface area contributed by atoms with Crippen LogP contribution in [0.1, 0.15) is 47.0 Å². The summed E-state index contributed by atoms with van der Waals surface area (Å²) in [5.74, 6) is -1.65. The van der Waals surface area contributed by atoms with Crippen LogP contribution in [-0.2, 0) is 6.42 Å². The highest BCUT2D eigenvalue weighted by Crippen LogP contribution is 2.28. The Morgan fingerprint density at radius 2 is 1.61 bits per heavy atom. The first kappa shape index (κ1) is 21.8. The second kappa shape index (κ2) is 8.96. The first-order valence-corrected chi connectivity index (χ1v) is 10.2. The topological polar surface area (TPSA) is 119 Å². The highest BCUT2D eigenvalue weighted by molar-refractivity contribution is 6.22. The molecule has 0 unspecified atom stereocenters. The maximum absolute atomic E-state index is 12.9.